The molecule has 0 aliphatic carbocycles. The smallest absolute Gasteiger partial charge is 0.265 e. The van der Waals surface area contributed by atoms with E-state index < -0.39 is 36.7 Å². The van der Waals surface area contributed by atoms with Crippen LogP contribution in [-0.2, 0) is 24.8 Å². The third-order valence-corrected chi connectivity index (χ3v) is 6.95. The van der Waals surface area contributed by atoms with Gasteiger partial charge in [0.05, 0.1) is 24.2 Å². The lowest BCUT2D eigenvalue weighted by atomic mass is 10.3. The molecule has 1 N–H and O–H groups in total. The first kappa shape index (κ1) is 19.1. The number of halogens is 1. The van der Waals surface area contributed by atoms with Crippen molar-refractivity contribution in [2.24, 2.45) is 0 Å². The van der Waals surface area contributed by atoms with Crippen LogP contribution in [0.4, 0.5) is 15.8 Å². The lowest BCUT2D eigenvalue weighted by Crippen LogP contribution is -2.29. The number of hydrogen-bond acceptors (Lipinski definition) is 6. The van der Waals surface area contributed by atoms with Gasteiger partial charge in [-0.25, -0.2) is 25.5 Å². The molecule has 1 fully saturated rings. The number of sulfonamides is 2. The van der Waals surface area contributed by atoms with Gasteiger partial charge in [0.15, 0.2) is 0 Å². The van der Waals surface area contributed by atoms with Gasteiger partial charge in [-0.2, -0.15) is 0 Å². The van der Waals surface area contributed by atoms with E-state index in [0.717, 1.165) is 12.1 Å². The Morgan fingerprint density at radius 2 is 1.89 bits per heavy atom. The van der Waals surface area contributed by atoms with E-state index >= 15 is 0 Å². The molecule has 27 heavy (non-hydrogen) atoms. The van der Waals surface area contributed by atoms with Gasteiger partial charge < -0.3 is 4.74 Å². The number of ether oxygens (including phenoxy) is 1. The summed E-state index contributed by atoms with van der Waals surface area (Å²) < 4.78 is 71.1. The molecule has 8 nitrogen and oxygen atoms in total. The Morgan fingerprint density at radius 1 is 1.19 bits per heavy atom. The lowest BCUT2D eigenvalue weighted by Gasteiger charge is -2.18. The molecule has 0 bridgehead atoms. The maximum Gasteiger partial charge on any atom is 0.265 e. The zero-order chi connectivity index (χ0) is 19.8. The Hall–Kier alpha value is -2.66. The molecule has 0 atom stereocenters. The molecule has 0 aromatic heterocycles. The molecule has 1 heterocycles. The summed E-state index contributed by atoms with van der Waals surface area (Å²) in [5, 5.41) is 0. The number of anilines is 2. The third-order valence-electron chi connectivity index (χ3n) is 3.87. The van der Waals surface area contributed by atoms with Gasteiger partial charge in [-0.3, -0.25) is 9.52 Å². The Balaban J connectivity index is 2.09. The molecule has 1 amide bonds. The molecule has 2 aromatic rings. The monoisotopic (exact) mass is 414 g/mol. The number of amides is 1. The van der Waals surface area contributed by atoms with Crippen LogP contribution < -0.4 is 13.8 Å². The molecule has 144 valence electrons. The minimum absolute atomic E-state index is 0.0911. The van der Waals surface area contributed by atoms with Crippen molar-refractivity contribution in [3.8, 4) is 5.75 Å². The zero-order valence-corrected chi connectivity index (χ0v) is 15.7. The van der Waals surface area contributed by atoms with Crippen molar-refractivity contribution in [2.45, 2.75) is 11.3 Å². The maximum atomic E-state index is 13.8. The van der Waals surface area contributed by atoms with E-state index in [9.17, 15) is 26.0 Å². The van der Waals surface area contributed by atoms with E-state index in [1.54, 1.807) is 0 Å². The number of rotatable bonds is 5. The minimum Gasteiger partial charge on any atom is -0.495 e. The zero-order valence-electron chi connectivity index (χ0n) is 14.0. The van der Waals surface area contributed by atoms with Gasteiger partial charge in [0.25, 0.3) is 10.0 Å². The molecule has 0 spiro atoms. The van der Waals surface area contributed by atoms with Crippen LogP contribution in [0.2, 0.25) is 0 Å². The summed E-state index contributed by atoms with van der Waals surface area (Å²) in [5.74, 6) is -1.89. The first-order valence-corrected chi connectivity index (χ1v) is 10.8. The molecule has 3 rings (SSSR count). The van der Waals surface area contributed by atoms with E-state index in [4.69, 9.17) is 4.74 Å². The van der Waals surface area contributed by atoms with Crippen LogP contribution >= 0.6 is 0 Å². The van der Waals surface area contributed by atoms with Crippen molar-refractivity contribution in [3.05, 3.63) is 48.3 Å². The predicted octanol–water partition coefficient (Wildman–Crippen LogP) is 1.70. The second-order valence-electron chi connectivity index (χ2n) is 5.64. The Kier molecular flexibility index (Phi) is 4.82. The summed E-state index contributed by atoms with van der Waals surface area (Å²) >= 11 is 0. The van der Waals surface area contributed by atoms with Crippen molar-refractivity contribution in [3.63, 3.8) is 0 Å². The van der Waals surface area contributed by atoms with Gasteiger partial charge in [-0.15, -0.1) is 0 Å². The highest BCUT2D eigenvalue weighted by atomic mass is 32.2. The van der Waals surface area contributed by atoms with Crippen LogP contribution in [-0.4, -0.2) is 35.6 Å². The standard InChI is InChI=1S/C16H15FN2O6S2/c1-25-14-7-6-11(19-16(20)8-9-26(19,21)22)10-15(14)27(23,24)18-13-5-3-2-4-12(13)17/h2-7,10,18H,8-9H2,1H3. The largest absolute Gasteiger partial charge is 0.495 e. The van der Waals surface area contributed by atoms with Gasteiger partial charge >= 0.3 is 0 Å². The fraction of sp³-hybridized carbons (Fsp3) is 0.188. The number of hydrogen-bond donors (Lipinski definition) is 1. The highest BCUT2D eigenvalue weighted by Crippen LogP contribution is 2.33. The van der Waals surface area contributed by atoms with E-state index in [1.807, 2.05) is 0 Å². The van der Waals surface area contributed by atoms with E-state index in [2.05, 4.69) is 4.72 Å². The Bertz CT molecular complexity index is 1120. The summed E-state index contributed by atoms with van der Waals surface area (Å²) in [4.78, 5) is 11.5. The minimum atomic E-state index is -4.33. The Morgan fingerprint density at radius 3 is 2.48 bits per heavy atom. The average Bonchev–Trinajstić information content (AvgIpc) is 2.89. The van der Waals surface area contributed by atoms with Gasteiger partial charge in [0.2, 0.25) is 15.9 Å². The number of para-hydroxylation sites is 1. The predicted molar refractivity (Wildman–Crippen MR) is 96.1 cm³/mol. The van der Waals surface area contributed by atoms with Crippen molar-refractivity contribution in [1.82, 2.24) is 0 Å². The third kappa shape index (κ3) is 3.60. The van der Waals surface area contributed by atoms with Crippen LogP contribution in [0.15, 0.2) is 47.4 Å². The summed E-state index contributed by atoms with van der Waals surface area (Å²) in [6.07, 6.45) is -0.191. The van der Waals surface area contributed by atoms with Gasteiger partial charge in [0.1, 0.15) is 16.5 Å². The van der Waals surface area contributed by atoms with Crippen molar-refractivity contribution < 1.29 is 30.8 Å². The molecule has 1 aliphatic rings. The van der Waals surface area contributed by atoms with Crippen molar-refractivity contribution in [1.29, 1.82) is 0 Å². The normalized spacial score (nSPS) is 16.4. The first-order chi connectivity index (χ1) is 12.7. The van der Waals surface area contributed by atoms with Crippen LogP contribution in [0.1, 0.15) is 6.42 Å². The lowest BCUT2D eigenvalue weighted by molar-refractivity contribution is -0.116. The van der Waals surface area contributed by atoms with Crippen molar-refractivity contribution >= 4 is 37.3 Å². The fourth-order valence-corrected chi connectivity index (χ4v) is 5.32. The topological polar surface area (TPSA) is 110 Å². The first-order valence-electron chi connectivity index (χ1n) is 7.67. The van der Waals surface area contributed by atoms with Crippen LogP contribution in [0.25, 0.3) is 0 Å². The molecule has 2 aromatic carbocycles. The number of methoxy groups -OCH3 is 1. The quantitative estimate of drug-likeness (QED) is 0.798. The summed E-state index contributed by atoms with van der Waals surface area (Å²) in [6.45, 7) is 0. The average molecular weight is 414 g/mol. The molecular weight excluding hydrogens is 399 g/mol. The molecule has 0 unspecified atom stereocenters. The van der Waals surface area contributed by atoms with Crippen LogP contribution in [0.3, 0.4) is 0 Å². The summed E-state index contributed by atoms with van der Waals surface area (Å²) in [7, 11) is -6.97. The van der Waals surface area contributed by atoms with Gasteiger partial charge in [0, 0.05) is 6.42 Å². The van der Waals surface area contributed by atoms with Gasteiger partial charge in [-0.05, 0) is 30.3 Å². The van der Waals surface area contributed by atoms with Crippen LogP contribution in [0.5, 0.6) is 5.75 Å². The van der Waals surface area contributed by atoms with E-state index in [0.29, 0.717) is 4.31 Å². The second kappa shape index (κ2) is 6.82. The van der Waals surface area contributed by atoms with Crippen LogP contribution in [0, 0.1) is 5.82 Å². The molecule has 1 aliphatic heterocycles. The Labute approximate surface area is 155 Å². The maximum absolute atomic E-state index is 13.8. The molecule has 0 saturated carbocycles. The van der Waals surface area contributed by atoms with Crippen molar-refractivity contribution in [2.75, 3.05) is 21.9 Å². The van der Waals surface area contributed by atoms with Gasteiger partial charge in [-0.1, -0.05) is 12.1 Å². The highest BCUT2D eigenvalue weighted by Gasteiger charge is 2.37. The number of nitrogens with zero attached hydrogens (tertiary/aromatic N) is 1. The number of benzene rings is 2. The molecule has 0 radical (unpaired) electrons. The number of nitrogens with one attached hydrogen (secondary N) is 1. The van der Waals surface area contributed by atoms with E-state index in [1.165, 1.54) is 37.4 Å². The summed E-state index contributed by atoms with van der Waals surface area (Å²) in [6, 6.07) is 8.66. The molecule has 1 saturated heterocycles. The highest BCUT2D eigenvalue weighted by molar-refractivity contribution is 7.94. The fourth-order valence-electron chi connectivity index (χ4n) is 2.61. The van der Waals surface area contributed by atoms with E-state index in [-0.39, 0.29) is 29.3 Å². The molecular formula is C16H15FN2O6S2. The summed E-state index contributed by atoms with van der Waals surface area (Å²) in [5.41, 5.74) is -0.415. The second-order valence-corrected chi connectivity index (χ2v) is 9.23. The number of carbonyl (C=O) groups is 1. The molecule has 11 heteroatoms. The number of carbonyl (C=O) groups excluding carboxylic acids is 1. The SMILES string of the molecule is COc1ccc(N2C(=O)CCS2(=O)=O)cc1S(=O)(=O)Nc1ccccc1F.